The van der Waals surface area contributed by atoms with E-state index in [-0.39, 0.29) is 23.8 Å². The van der Waals surface area contributed by atoms with Crippen LogP contribution in [0.1, 0.15) is 17.5 Å². The normalized spacial score (nSPS) is 15.8. The maximum absolute atomic E-state index is 12.6. The van der Waals surface area contributed by atoms with E-state index in [1.165, 1.54) is 17.0 Å². The number of nitrogens with one attached hydrogen (secondary N) is 1. The van der Waals surface area contributed by atoms with Crippen LogP contribution in [0, 0.1) is 19.8 Å². The molecule has 0 radical (unpaired) electrons. The molecule has 0 aliphatic carbocycles. The zero-order valence-electron chi connectivity index (χ0n) is 18.2. The number of anilines is 1. The number of carbonyl (C=O) groups is 2. The lowest BCUT2D eigenvalue weighted by Gasteiger charge is -2.18. The van der Waals surface area contributed by atoms with Gasteiger partial charge in [-0.2, -0.15) is 0 Å². The number of amides is 2. The van der Waals surface area contributed by atoms with Gasteiger partial charge in [0.05, 0.1) is 17.9 Å². The molecule has 4 rings (SSSR count). The molecule has 7 heteroatoms. The molecule has 2 aromatic carbocycles. The molecule has 1 unspecified atom stereocenters. The average Bonchev–Trinajstić information content (AvgIpc) is 3.19. The van der Waals surface area contributed by atoms with Gasteiger partial charge in [0, 0.05) is 43.4 Å². The summed E-state index contributed by atoms with van der Waals surface area (Å²) in [6.07, 6.45) is 1.68. The zero-order valence-corrected chi connectivity index (χ0v) is 18.2. The highest BCUT2D eigenvalue weighted by molar-refractivity contribution is 6.00. The van der Waals surface area contributed by atoms with Crippen LogP contribution in [-0.2, 0) is 16.1 Å². The maximum Gasteiger partial charge on any atom is 0.253 e. The SMILES string of the molecule is Cc1ccc(N2CC(C(=O)NCCn3cnc(-c4ccccc4)cc3=O)CC2=O)cc1C. The van der Waals surface area contributed by atoms with Crippen molar-refractivity contribution in [2.45, 2.75) is 26.8 Å². The van der Waals surface area contributed by atoms with Gasteiger partial charge in [-0.15, -0.1) is 0 Å². The zero-order chi connectivity index (χ0) is 22.7. The van der Waals surface area contributed by atoms with Crippen LogP contribution < -0.4 is 15.8 Å². The lowest BCUT2D eigenvalue weighted by atomic mass is 10.1. The predicted molar refractivity (Wildman–Crippen MR) is 123 cm³/mol. The summed E-state index contributed by atoms with van der Waals surface area (Å²) < 4.78 is 1.47. The first kappa shape index (κ1) is 21.5. The van der Waals surface area contributed by atoms with E-state index in [1.807, 2.05) is 62.4 Å². The van der Waals surface area contributed by atoms with Crippen LogP contribution in [-0.4, -0.2) is 34.5 Å². The Morgan fingerprint density at radius 3 is 2.56 bits per heavy atom. The summed E-state index contributed by atoms with van der Waals surface area (Å²) in [5.74, 6) is -0.628. The number of rotatable bonds is 6. The minimum Gasteiger partial charge on any atom is -0.354 e. The van der Waals surface area contributed by atoms with Gasteiger partial charge >= 0.3 is 0 Å². The van der Waals surface area contributed by atoms with Crippen LogP contribution in [0.5, 0.6) is 0 Å². The number of benzene rings is 2. The van der Waals surface area contributed by atoms with Gasteiger partial charge in [0.25, 0.3) is 5.56 Å². The minimum absolute atomic E-state index is 0.0506. The predicted octanol–water partition coefficient (Wildman–Crippen LogP) is 2.70. The molecule has 0 saturated carbocycles. The molecular formula is C25H26N4O3. The molecule has 0 spiro atoms. The van der Waals surface area contributed by atoms with Crippen LogP contribution in [0.2, 0.25) is 0 Å². The van der Waals surface area contributed by atoms with Gasteiger partial charge in [0.15, 0.2) is 0 Å². The fourth-order valence-electron chi connectivity index (χ4n) is 3.83. The van der Waals surface area contributed by atoms with E-state index >= 15 is 0 Å². The van der Waals surface area contributed by atoms with E-state index in [0.717, 1.165) is 22.4 Å². The van der Waals surface area contributed by atoms with Gasteiger partial charge in [-0.1, -0.05) is 36.4 Å². The van der Waals surface area contributed by atoms with Gasteiger partial charge < -0.3 is 10.2 Å². The van der Waals surface area contributed by atoms with Crippen LogP contribution in [0.3, 0.4) is 0 Å². The number of hydrogen-bond donors (Lipinski definition) is 1. The lowest BCUT2D eigenvalue weighted by molar-refractivity contribution is -0.126. The summed E-state index contributed by atoms with van der Waals surface area (Å²) in [6.45, 7) is 5.00. The maximum atomic E-state index is 12.6. The first-order chi connectivity index (χ1) is 15.4. The molecule has 1 atom stereocenters. The van der Waals surface area contributed by atoms with E-state index in [1.54, 1.807) is 4.90 Å². The number of hydrogen-bond acceptors (Lipinski definition) is 4. The highest BCUT2D eigenvalue weighted by Gasteiger charge is 2.35. The Morgan fingerprint density at radius 2 is 1.84 bits per heavy atom. The van der Waals surface area contributed by atoms with Crippen molar-refractivity contribution >= 4 is 17.5 Å². The smallest absolute Gasteiger partial charge is 0.253 e. The Bertz CT molecular complexity index is 1200. The summed E-state index contributed by atoms with van der Waals surface area (Å²) in [6, 6.07) is 16.9. The number of nitrogens with zero attached hydrogens (tertiary/aromatic N) is 3. The first-order valence-electron chi connectivity index (χ1n) is 10.7. The quantitative estimate of drug-likeness (QED) is 0.652. The minimum atomic E-state index is -0.403. The summed E-state index contributed by atoms with van der Waals surface area (Å²) in [4.78, 5) is 43.5. The van der Waals surface area contributed by atoms with Crippen molar-refractivity contribution < 1.29 is 9.59 Å². The number of carbonyl (C=O) groups excluding carboxylic acids is 2. The van der Waals surface area contributed by atoms with Gasteiger partial charge in [0.2, 0.25) is 11.8 Å². The largest absolute Gasteiger partial charge is 0.354 e. The third-order valence-electron chi connectivity index (χ3n) is 5.90. The van der Waals surface area contributed by atoms with E-state index in [0.29, 0.717) is 25.3 Å². The Balaban J connectivity index is 1.33. The second-order valence-corrected chi connectivity index (χ2v) is 8.14. The second-order valence-electron chi connectivity index (χ2n) is 8.14. The average molecular weight is 431 g/mol. The molecule has 7 nitrogen and oxygen atoms in total. The monoisotopic (exact) mass is 430 g/mol. The number of aromatic nitrogens is 2. The topological polar surface area (TPSA) is 84.3 Å². The second kappa shape index (κ2) is 9.18. The molecule has 1 saturated heterocycles. The van der Waals surface area contributed by atoms with Crippen molar-refractivity contribution in [3.63, 3.8) is 0 Å². The fourth-order valence-corrected chi connectivity index (χ4v) is 3.83. The van der Waals surface area contributed by atoms with Crippen LogP contribution in [0.25, 0.3) is 11.3 Å². The summed E-state index contributed by atoms with van der Waals surface area (Å²) in [5, 5.41) is 2.85. The highest BCUT2D eigenvalue weighted by Crippen LogP contribution is 2.26. The van der Waals surface area contributed by atoms with Crippen molar-refractivity contribution in [3.05, 3.63) is 82.4 Å². The van der Waals surface area contributed by atoms with Gasteiger partial charge in [-0.25, -0.2) is 4.98 Å². The molecule has 2 amide bonds. The Morgan fingerprint density at radius 1 is 1.06 bits per heavy atom. The molecule has 1 aromatic heterocycles. The van der Waals surface area contributed by atoms with E-state index in [4.69, 9.17) is 0 Å². The molecular weight excluding hydrogens is 404 g/mol. The lowest BCUT2D eigenvalue weighted by Crippen LogP contribution is -2.36. The van der Waals surface area contributed by atoms with E-state index < -0.39 is 5.92 Å². The van der Waals surface area contributed by atoms with Crippen LogP contribution in [0.15, 0.2) is 65.7 Å². The third kappa shape index (κ3) is 4.61. The van der Waals surface area contributed by atoms with E-state index in [9.17, 15) is 14.4 Å². The third-order valence-corrected chi connectivity index (χ3v) is 5.90. The first-order valence-corrected chi connectivity index (χ1v) is 10.7. The highest BCUT2D eigenvalue weighted by atomic mass is 16.2. The van der Waals surface area contributed by atoms with Crippen molar-refractivity contribution in [3.8, 4) is 11.3 Å². The summed E-state index contributed by atoms with van der Waals surface area (Å²) in [7, 11) is 0. The Kier molecular flexibility index (Phi) is 6.16. The number of aryl methyl sites for hydroxylation is 2. The molecule has 1 fully saturated rings. The molecule has 164 valence electrons. The Labute approximate surface area is 186 Å². The summed E-state index contributed by atoms with van der Waals surface area (Å²) >= 11 is 0. The molecule has 32 heavy (non-hydrogen) atoms. The molecule has 1 N–H and O–H groups in total. The van der Waals surface area contributed by atoms with Crippen molar-refractivity contribution in [2.75, 3.05) is 18.0 Å². The molecule has 2 heterocycles. The van der Waals surface area contributed by atoms with Crippen LogP contribution in [0.4, 0.5) is 5.69 Å². The summed E-state index contributed by atoms with van der Waals surface area (Å²) in [5.41, 5.74) is 4.42. The van der Waals surface area contributed by atoms with E-state index in [2.05, 4.69) is 10.3 Å². The van der Waals surface area contributed by atoms with Crippen molar-refractivity contribution in [1.29, 1.82) is 0 Å². The van der Waals surface area contributed by atoms with Crippen molar-refractivity contribution in [2.24, 2.45) is 5.92 Å². The Hall–Kier alpha value is -3.74. The molecule has 3 aromatic rings. The fraction of sp³-hybridized carbons (Fsp3) is 0.280. The molecule has 0 bridgehead atoms. The van der Waals surface area contributed by atoms with Gasteiger partial charge in [0.1, 0.15) is 0 Å². The standard InChI is InChI=1S/C25H26N4O3/c1-17-8-9-21(12-18(17)2)29-15-20(13-24(29)31)25(32)26-10-11-28-16-27-22(14-23(28)30)19-6-4-3-5-7-19/h3-9,12,14,16,20H,10-11,13,15H2,1-2H3,(H,26,32). The van der Waals surface area contributed by atoms with Gasteiger partial charge in [-0.3, -0.25) is 19.0 Å². The van der Waals surface area contributed by atoms with Crippen molar-refractivity contribution in [1.82, 2.24) is 14.9 Å². The molecule has 1 aliphatic heterocycles. The van der Waals surface area contributed by atoms with Crippen LogP contribution >= 0.6 is 0 Å². The van der Waals surface area contributed by atoms with Gasteiger partial charge in [-0.05, 0) is 37.1 Å². The molecule has 1 aliphatic rings.